The molecular formula is C13H13ClN2O3S. The number of aryl methyl sites for hydroxylation is 1. The zero-order chi connectivity index (χ0) is 14.5. The van der Waals surface area contributed by atoms with Crippen LogP contribution < -0.4 is 0 Å². The summed E-state index contributed by atoms with van der Waals surface area (Å²) in [5.74, 6) is -0.661. The first-order valence-corrected chi connectivity index (χ1v) is 7.64. The van der Waals surface area contributed by atoms with E-state index < -0.39 is 16.8 Å². The van der Waals surface area contributed by atoms with Crippen molar-refractivity contribution >= 4 is 28.4 Å². The lowest BCUT2D eigenvalue weighted by Gasteiger charge is -2.05. The molecule has 1 N–H and O–H groups in total. The van der Waals surface area contributed by atoms with Gasteiger partial charge in [0.1, 0.15) is 0 Å². The van der Waals surface area contributed by atoms with Crippen molar-refractivity contribution in [2.45, 2.75) is 17.9 Å². The Kier molecular flexibility index (Phi) is 4.92. The lowest BCUT2D eigenvalue weighted by Crippen LogP contribution is -2.05. The molecule has 20 heavy (non-hydrogen) atoms. The number of rotatable bonds is 6. The van der Waals surface area contributed by atoms with Crippen LogP contribution in [-0.4, -0.2) is 30.6 Å². The number of carboxylic acid groups (broad SMARTS) is 1. The van der Waals surface area contributed by atoms with Crippen LogP contribution in [0.3, 0.4) is 0 Å². The Morgan fingerprint density at radius 2 is 2.25 bits per heavy atom. The Hall–Kier alpha value is -1.66. The van der Waals surface area contributed by atoms with Gasteiger partial charge in [-0.15, -0.1) is 0 Å². The molecule has 1 atom stereocenters. The molecule has 0 aliphatic rings. The maximum atomic E-state index is 12.1. The van der Waals surface area contributed by atoms with Crippen molar-refractivity contribution in [1.82, 2.24) is 9.55 Å². The molecule has 0 saturated heterocycles. The van der Waals surface area contributed by atoms with Crippen molar-refractivity contribution in [3.63, 3.8) is 0 Å². The molecule has 0 amide bonds. The summed E-state index contributed by atoms with van der Waals surface area (Å²) in [6, 6.07) is 4.44. The third-order valence-corrected chi connectivity index (χ3v) is 4.51. The predicted molar refractivity (Wildman–Crippen MR) is 76.5 cm³/mol. The minimum Gasteiger partial charge on any atom is -0.478 e. The number of benzene rings is 1. The molecule has 0 aliphatic carbocycles. The molecule has 1 heterocycles. The topological polar surface area (TPSA) is 72.2 Å². The van der Waals surface area contributed by atoms with Crippen LogP contribution in [0, 0.1) is 0 Å². The summed E-state index contributed by atoms with van der Waals surface area (Å²) in [7, 11) is -1.24. The van der Waals surface area contributed by atoms with Crippen LogP contribution in [0.1, 0.15) is 16.8 Å². The van der Waals surface area contributed by atoms with E-state index in [2.05, 4.69) is 4.98 Å². The Labute approximate surface area is 123 Å². The Balaban J connectivity index is 1.98. The van der Waals surface area contributed by atoms with E-state index in [1.807, 2.05) is 10.8 Å². The number of carboxylic acids is 1. The number of hydrogen-bond acceptors (Lipinski definition) is 3. The molecule has 1 aromatic heterocycles. The van der Waals surface area contributed by atoms with Crippen molar-refractivity contribution in [3.05, 3.63) is 47.5 Å². The fraction of sp³-hybridized carbons (Fsp3) is 0.231. The van der Waals surface area contributed by atoms with Gasteiger partial charge in [-0.2, -0.15) is 0 Å². The predicted octanol–water partition coefficient (Wildman–Crippen LogP) is 2.43. The summed E-state index contributed by atoms with van der Waals surface area (Å²) >= 11 is 5.78. The molecule has 0 aliphatic heterocycles. The van der Waals surface area contributed by atoms with Crippen molar-refractivity contribution in [3.8, 4) is 0 Å². The zero-order valence-electron chi connectivity index (χ0n) is 10.5. The molecule has 2 rings (SSSR count). The standard InChI is InChI=1S/C13H13ClN2O3S/c14-12-3-2-10(8-11(12)13(17)18)20(19)7-1-5-16-6-4-15-9-16/h2-4,6,8-9H,1,5,7H2,(H,17,18). The number of hydrogen-bond donors (Lipinski definition) is 1. The van der Waals surface area contributed by atoms with E-state index in [4.69, 9.17) is 16.7 Å². The van der Waals surface area contributed by atoms with Crippen molar-refractivity contribution in [2.24, 2.45) is 0 Å². The van der Waals surface area contributed by atoms with Gasteiger partial charge in [-0.05, 0) is 24.6 Å². The second kappa shape index (κ2) is 6.67. The number of halogens is 1. The highest BCUT2D eigenvalue weighted by Crippen LogP contribution is 2.20. The van der Waals surface area contributed by atoms with E-state index in [1.54, 1.807) is 18.6 Å². The summed E-state index contributed by atoms with van der Waals surface area (Å²) in [5, 5.41) is 9.13. The van der Waals surface area contributed by atoms with Gasteiger partial charge in [0.2, 0.25) is 0 Å². The summed E-state index contributed by atoms with van der Waals surface area (Å²) in [6.45, 7) is 0.727. The third kappa shape index (κ3) is 3.68. The van der Waals surface area contributed by atoms with Crippen LogP contribution >= 0.6 is 11.6 Å². The fourth-order valence-electron chi connectivity index (χ4n) is 1.72. The SMILES string of the molecule is O=C(O)c1cc(S(=O)CCCn2ccnc2)ccc1Cl. The lowest BCUT2D eigenvalue weighted by molar-refractivity contribution is 0.0697. The van der Waals surface area contributed by atoms with Gasteiger partial charge in [0.15, 0.2) is 0 Å². The van der Waals surface area contributed by atoms with Crippen molar-refractivity contribution < 1.29 is 14.1 Å². The third-order valence-electron chi connectivity index (χ3n) is 2.74. The zero-order valence-corrected chi connectivity index (χ0v) is 12.1. The van der Waals surface area contributed by atoms with Crippen molar-refractivity contribution in [1.29, 1.82) is 0 Å². The van der Waals surface area contributed by atoms with Crippen LogP contribution in [0.5, 0.6) is 0 Å². The fourth-order valence-corrected chi connectivity index (χ4v) is 3.02. The van der Waals surface area contributed by atoms with Gasteiger partial charge >= 0.3 is 5.97 Å². The minimum absolute atomic E-state index is 0.0212. The quantitative estimate of drug-likeness (QED) is 0.889. The van der Waals surface area contributed by atoms with Gasteiger partial charge in [-0.25, -0.2) is 9.78 Å². The number of nitrogens with zero attached hydrogens (tertiary/aromatic N) is 2. The largest absolute Gasteiger partial charge is 0.478 e. The van der Waals surface area contributed by atoms with Crippen LogP contribution in [0.15, 0.2) is 41.8 Å². The molecule has 1 aromatic carbocycles. The van der Waals surface area contributed by atoms with Gasteiger partial charge in [-0.3, -0.25) is 4.21 Å². The average Bonchev–Trinajstić information content (AvgIpc) is 2.92. The van der Waals surface area contributed by atoms with Gasteiger partial charge < -0.3 is 9.67 Å². The van der Waals surface area contributed by atoms with E-state index in [0.29, 0.717) is 17.1 Å². The van der Waals surface area contributed by atoms with Gasteiger partial charge in [-0.1, -0.05) is 11.6 Å². The van der Waals surface area contributed by atoms with Crippen LogP contribution in [0.4, 0.5) is 0 Å². The lowest BCUT2D eigenvalue weighted by atomic mass is 10.2. The van der Waals surface area contributed by atoms with Gasteiger partial charge in [0.25, 0.3) is 0 Å². The van der Waals surface area contributed by atoms with Gasteiger partial charge in [0, 0.05) is 29.6 Å². The van der Waals surface area contributed by atoms with Crippen LogP contribution in [0.25, 0.3) is 0 Å². The first kappa shape index (κ1) is 14.7. The van der Waals surface area contributed by atoms with Gasteiger partial charge in [0.05, 0.1) is 27.7 Å². The van der Waals surface area contributed by atoms with E-state index in [1.165, 1.54) is 12.1 Å². The molecule has 0 bridgehead atoms. The second-order valence-electron chi connectivity index (χ2n) is 4.15. The van der Waals surface area contributed by atoms with E-state index >= 15 is 0 Å². The second-order valence-corrected chi connectivity index (χ2v) is 6.13. The molecule has 106 valence electrons. The highest BCUT2D eigenvalue weighted by Gasteiger charge is 2.12. The highest BCUT2D eigenvalue weighted by molar-refractivity contribution is 7.85. The molecule has 1 unspecified atom stereocenters. The van der Waals surface area contributed by atoms with Crippen LogP contribution in [-0.2, 0) is 17.3 Å². The summed E-state index contributed by atoms with van der Waals surface area (Å²) in [6.07, 6.45) is 5.95. The van der Waals surface area contributed by atoms with E-state index in [0.717, 1.165) is 6.54 Å². The normalized spacial score (nSPS) is 12.2. The van der Waals surface area contributed by atoms with E-state index in [-0.39, 0.29) is 10.6 Å². The number of carbonyl (C=O) groups is 1. The summed E-state index contributed by atoms with van der Waals surface area (Å²) < 4.78 is 14.0. The first-order chi connectivity index (χ1) is 9.58. The summed E-state index contributed by atoms with van der Waals surface area (Å²) in [4.78, 5) is 15.4. The molecule has 5 nitrogen and oxygen atoms in total. The molecule has 0 saturated carbocycles. The maximum Gasteiger partial charge on any atom is 0.337 e. The minimum atomic E-state index is -1.24. The Bertz CT molecular complexity index is 629. The summed E-state index contributed by atoms with van der Waals surface area (Å²) in [5.41, 5.74) is -0.0212. The molecule has 7 heteroatoms. The monoisotopic (exact) mass is 312 g/mol. The molecular weight excluding hydrogens is 300 g/mol. The van der Waals surface area contributed by atoms with Crippen LogP contribution in [0.2, 0.25) is 5.02 Å². The maximum absolute atomic E-state index is 12.1. The number of aromatic nitrogens is 2. The number of aromatic carboxylic acids is 1. The van der Waals surface area contributed by atoms with Crippen molar-refractivity contribution in [2.75, 3.05) is 5.75 Å². The molecule has 2 aromatic rings. The Morgan fingerprint density at radius 1 is 1.45 bits per heavy atom. The average molecular weight is 313 g/mol. The highest BCUT2D eigenvalue weighted by atomic mass is 35.5. The first-order valence-electron chi connectivity index (χ1n) is 5.95. The number of imidazole rings is 1. The Morgan fingerprint density at radius 3 is 2.90 bits per heavy atom. The molecule has 0 radical (unpaired) electrons. The van der Waals surface area contributed by atoms with E-state index in [9.17, 15) is 9.00 Å². The molecule has 0 spiro atoms. The smallest absolute Gasteiger partial charge is 0.337 e. The molecule has 0 fully saturated rings.